The SMILES string of the molecule is O=C1CC[C@@H](C(=O)Nc2cc(Br)ccc2Cl)N1. The molecular formula is C11H10BrClN2O2. The Morgan fingerprint density at radius 3 is 2.94 bits per heavy atom. The number of amides is 2. The third kappa shape index (κ3) is 2.98. The Labute approximate surface area is 112 Å². The number of halogens is 2. The van der Waals surface area contributed by atoms with E-state index in [0.29, 0.717) is 23.6 Å². The van der Waals surface area contributed by atoms with E-state index < -0.39 is 6.04 Å². The second-order valence-electron chi connectivity index (χ2n) is 3.77. The van der Waals surface area contributed by atoms with E-state index in [-0.39, 0.29) is 11.8 Å². The first-order chi connectivity index (χ1) is 8.06. The van der Waals surface area contributed by atoms with E-state index in [1.807, 2.05) is 0 Å². The van der Waals surface area contributed by atoms with Crippen molar-refractivity contribution in [2.24, 2.45) is 0 Å². The van der Waals surface area contributed by atoms with Crippen molar-refractivity contribution in [1.29, 1.82) is 0 Å². The average Bonchev–Trinajstić information content (AvgIpc) is 2.70. The van der Waals surface area contributed by atoms with Gasteiger partial charge in [0.15, 0.2) is 0 Å². The fourth-order valence-corrected chi connectivity index (χ4v) is 2.15. The molecule has 2 rings (SSSR count). The number of nitrogens with one attached hydrogen (secondary N) is 2. The first-order valence-electron chi connectivity index (χ1n) is 5.11. The van der Waals surface area contributed by atoms with Gasteiger partial charge in [0, 0.05) is 10.9 Å². The van der Waals surface area contributed by atoms with E-state index in [1.165, 1.54) is 0 Å². The van der Waals surface area contributed by atoms with Gasteiger partial charge < -0.3 is 10.6 Å². The van der Waals surface area contributed by atoms with Crippen molar-refractivity contribution in [3.8, 4) is 0 Å². The second kappa shape index (κ2) is 5.06. The molecule has 0 radical (unpaired) electrons. The van der Waals surface area contributed by atoms with Crippen molar-refractivity contribution in [3.63, 3.8) is 0 Å². The molecule has 2 amide bonds. The molecule has 17 heavy (non-hydrogen) atoms. The number of carbonyl (C=O) groups excluding carboxylic acids is 2. The molecule has 0 saturated carbocycles. The zero-order valence-electron chi connectivity index (χ0n) is 8.80. The summed E-state index contributed by atoms with van der Waals surface area (Å²) < 4.78 is 0.827. The molecule has 1 aromatic rings. The molecule has 1 saturated heterocycles. The molecule has 2 N–H and O–H groups in total. The topological polar surface area (TPSA) is 58.2 Å². The molecule has 4 nitrogen and oxygen atoms in total. The zero-order valence-corrected chi connectivity index (χ0v) is 11.1. The van der Waals surface area contributed by atoms with Crippen molar-refractivity contribution in [2.75, 3.05) is 5.32 Å². The van der Waals surface area contributed by atoms with Crippen molar-refractivity contribution < 1.29 is 9.59 Å². The van der Waals surface area contributed by atoms with Crippen LogP contribution in [0.2, 0.25) is 5.02 Å². The van der Waals surface area contributed by atoms with E-state index >= 15 is 0 Å². The number of benzene rings is 1. The van der Waals surface area contributed by atoms with E-state index in [1.54, 1.807) is 18.2 Å². The normalized spacial score (nSPS) is 18.9. The Hall–Kier alpha value is -1.07. The highest BCUT2D eigenvalue weighted by molar-refractivity contribution is 9.10. The summed E-state index contributed by atoms with van der Waals surface area (Å²) in [7, 11) is 0. The maximum Gasteiger partial charge on any atom is 0.247 e. The molecule has 1 fully saturated rings. The maximum absolute atomic E-state index is 11.8. The van der Waals surface area contributed by atoms with Gasteiger partial charge in [0.1, 0.15) is 6.04 Å². The van der Waals surface area contributed by atoms with Crippen LogP contribution in [0.5, 0.6) is 0 Å². The number of hydrogen-bond acceptors (Lipinski definition) is 2. The molecule has 1 atom stereocenters. The predicted octanol–water partition coefficient (Wildman–Crippen LogP) is 2.32. The van der Waals surface area contributed by atoms with E-state index in [4.69, 9.17) is 11.6 Å². The zero-order chi connectivity index (χ0) is 12.4. The summed E-state index contributed by atoms with van der Waals surface area (Å²) >= 11 is 9.25. The van der Waals surface area contributed by atoms with Crippen LogP contribution in [-0.4, -0.2) is 17.9 Å². The monoisotopic (exact) mass is 316 g/mol. The van der Waals surface area contributed by atoms with Gasteiger partial charge in [-0.2, -0.15) is 0 Å². The van der Waals surface area contributed by atoms with Gasteiger partial charge in [-0.15, -0.1) is 0 Å². The number of hydrogen-bond donors (Lipinski definition) is 2. The lowest BCUT2D eigenvalue weighted by Crippen LogP contribution is -2.37. The first kappa shape index (κ1) is 12.4. The van der Waals surface area contributed by atoms with E-state index in [2.05, 4.69) is 26.6 Å². The Morgan fingerprint density at radius 2 is 2.29 bits per heavy atom. The Kier molecular flexibility index (Phi) is 3.69. The van der Waals surface area contributed by atoms with Crippen LogP contribution in [0, 0.1) is 0 Å². The Bertz CT molecular complexity index is 479. The van der Waals surface area contributed by atoms with E-state index in [0.717, 1.165) is 4.47 Å². The lowest BCUT2D eigenvalue weighted by Gasteiger charge is -2.12. The third-order valence-electron chi connectivity index (χ3n) is 2.50. The van der Waals surface area contributed by atoms with Crippen molar-refractivity contribution in [1.82, 2.24) is 5.32 Å². The summed E-state index contributed by atoms with van der Waals surface area (Å²) in [6, 6.07) is 4.73. The summed E-state index contributed by atoms with van der Waals surface area (Å²) in [4.78, 5) is 22.8. The summed E-state index contributed by atoms with van der Waals surface area (Å²) in [5.74, 6) is -0.332. The van der Waals surface area contributed by atoms with Gasteiger partial charge in [-0.1, -0.05) is 27.5 Å². The molecule has 1 aliphatic rings. The van der Waals surface area contributed by atoms with Crippen LogP contribution < -0.4 is 10.6 Å². The summed E-state index contributed by atoms with van der Waals surface area (Å²) in [6.45, 7) is 0. The number of anilines is 1. The van der Waals surface area contributed by atoms with Gasteiger partial charge in [0.2, 0.25) is 11.8 Å². The van der Waals surface area contributed by atoms with Gasteiger partial charge in [-0.3, -0.25) is 9.59 Å². The minimum atomic E-state index is -0.461. The molecule has 0 aromatic heterocycles. The molecule has 0 aliphatic carbocycles. The lowest BCUT2D eigenvalue weighted by molar-refractivity contribution is -0.122. The van der Waals surface area contributed by atoms with Crippen LogP contribution in [0.3, 0.4) is 0 Å². The fourth-order valence-electron chi connectivity index (χ4n) is 1.62. The first-order valence-corrected chi connectivity index (χ1v) is 6.28. The van der Waals surface area contributed by atoms with E-state index in [9.17, 15) is 9.59 Å². The van der Waals surface area contributed by atoms with Crippen LogP contribution in [0.1, 0.15) is 12.8 Å². The molecular weight excluding hydrogens is 307 g/mol. The van der Waals surface area contributed by atoms with Crippen LogP contribution in [0.4, 0.5) is 5.69 Å². The molecule has 6 heteroatoms. The van der Waals surface area contributed by atoms with Crippen molar-refractivity contribution in [2.45, 2.75) is 18.9 Å². The molecule has 1 heterocycles. The van der Waals surface area contributed by atoms with Crippen molar-refractivity contribution in [3.05, 3.63) is 27.7 Å². The second-order valence-corrected chi connectivity index (χ2v) is 5.10. The smallest absolute Gasteiger partial charge is 0.247 e. The standard InChI is InChI=1S/C11H10BrClN2O2/c12-6-1-2-7(13)9(5-6)15-11(17)8-3-4-10(16)14-8/h1-2,5,8H,3-4H2,(H,14,16)(H,15,17)/t8-/m0/s1. The van der Waals surface area contributed by atoms with Crippen LogP contribution in [-0.2, 0) is 9.59 Å². The summed E-state index contributed by atoms with van der Waals surface area (Å²) in [6.07, 6.45) is 0.917. The van der Waals surface area contributed by atoms with Crippen LogP contribution in [0.15, 0.2) is 22.7 Å². The lowest BCUT2D eigenvalue weighted by atomic mass is 10.2. The molecule has 0 unspecified atom stereocenters. The predicted molar refractivity (Wildman–Crippen MR) is 68.9 cm³/mol. The third-order valence-corrected chi connectivity index (χ3v) is 3.32. The number of carbonyl (C=O) groups is 2. The minimum Gasteiger partial charge on any atom is -0.344 e. The highest BCUT2D eigenvalue weighted by Gasteiger charge is 2.27. The molecule has 1 aromatic carbocycles. The average molecular weight is 318 g/mol. The fraction of sp³-hybridized carbons (Fsp3) is 0.273. The highest BCUT2D eigenvalue weighted by Crippen LogP contribution is 2.26. The van der Waals surface area contributed by atoms with Gasteiger partial charge >= 0.3 is 0 Å². The molecule has 90 valence electrons. The van der Waals surface area contributed by atoms with Crippen molar-refractivity contribution >= 4 is 45.0 Å². The van der Waals surface area contributed by atoms with Gasteiger partial charge in [0.25, 0.3) is 0 Å². The molecule has 0 bridgehead atoms. The van der Waals surface area contributed by atoms with Gasteiger partial charge in [-0.05, 0) is 24.6 Å². The Balaban J connectivity index is 2.07. The Morgan fingerprint density at radius 1 is 1.53 bits per heavy atom. The molecule has 0 spiro atoms. The highest BCUT2D eigenvalue weighted by atomic mass is 79.9. The van der Waals surface area contributed by atoms with Crippen LogP contribution >= 0.6 is 27.5 Å². The summed E-state index contributed by atoms with van der Waals surface area (Å²) in [5.41, 5.74) is 0.534. The molecule has 1 aliphatic heterocycles. The van der Waals surface area contributed by atoms with Crippen LogP contribution in [0.25, 0.3) is 0 Å². The van der Waals surface area contributed by atoms with Gasteiger partial charge in [-0.25, -0.2) is 0 Å². The van der Waals surface area contributed by atoms with Gasteiger partial charge in [0.05, 0.1) is 10.7 Å². The quantitative estimate of drug-likeness (QED) is 0.879. The maximum atomic E-state index is 11.8. The largest absolute Gasteiger partial charge is 0.344 e. The minimum absolute atomic E-state index is 0.0921. The number of rotatable bonds is 2. The summed E-state index contributed by atoms with van der Waals surface area (Å²) in [5, 5.41) is 5.76.